The van der Waals surface area contributed by atoms with Crippen LogP contribution in [0.3, 0.4) is 0 Å². The third-order valence-electron chi connectivity index (χ3n) is 4.27. The molecule has 0 atom stereocenters. The van der Waals surface area contributed by atoms with Crippen molar-refractivity contribution in [2.75, 3.05) is 63.9 Å². The van der Waals surface area contributed by atoms with E-state index < -0.39 is 5.60 Å². The second-order valence-corrected chi connectivity index (χ2v) is 8.73. The first-order valence-corrected chi connectivity index (χ1v) is 10.3. The highest BCUT2D eigenvalue weighted by atomic mass is 127. The number of nitrogens with zero attached hydrogens (tertiary/aromatic N) is 4. The number of ether oxygens (including phenoxy) is 1. The number of rotatable bonds is 4. The molecule has 0 radical (unpaired) electrons. The van der Waals surface area contributed by atoms with E-state index >= 15 is 0 Å². The van der Waals surface area contributed by atoms with Gasteiger partial charge < -0.3 is 20.3 Å². The van der Waals surface area contributed by atoms with Crippen molar-refractivity contribution in [2.45, 2.75) is 32.8 Å². The third kappa shape index (κ3) is 8.51. The van der Waals surface area contributed by atoms with E-state index in [0.29, 0.717) is 5.96 Å². The lowest BCUT2D eigenvalue weighted by molar-refractivity contribution is 0.0145. The molecule has 2 heterocycles. The van der Waals surface area contributed by atoms with Gasteiger partial charge in [-0.25, -0.2) is 4.79 Å². The summed E-state index contributed by atoms with van der Waals surface area (Å²) in [5.74, 6) is 2.96. The highest BCUT2D eigenvalue weighted by molar-refractivity contribution is 14.0. The predicted octanol–water partition coefficient (Wildman–Crippen LogP) is 1.91. The summed E-state index contributed by atoms with van der Waals surface area (Å²) >= 11 is 1.97. The third-order valence-corrected chi connectivity index (χ3v) is 5.21. The highest BCUT2D eigenvalue weighted by Gasteiger charge is 2.25. The van der Waals surface area contributed by atoms with E-state index in [0.717, 1.165) is 70.3 Å². The summed E-state index contributed by atoms with van der Waals surface area (Å²) in [4.78, 5) is 22.9. The fraction of sp³-hybridized carbons (Fsp3) is 0.882. The Bertz CT molecular complexity index is 459. The summed E-state index contributed by atoms with van der Waals surface area (Å²) in [6.45, 7) is 12.7. The lowest BCUT2D eigenvalue weighted by Crippen LogP contribution is -2.50. The summed E-state index contributed by atoms with van der Waals surface area (Å²) < 4.78 is 5.43. The van der Waals surface area contributed by atoms with Crippen LogP contribution in [0.1, 0.15) is 27.2 Å². The minimum atomic E-state index is -0.431. The van der Waals surface area contributed by atoms with Gasteiger partial charge in [-0.2, -0.15) is 11.8 Å². The number of thioether (sulfide) groups is 1. The Hall–Kier alpha value is -0.420. The number of carbonyl (C=O) groups excluding carboxylic acids is 1. The van der Waals surface area contributed by atoms with Crippen molar-refractivity contribution >= 4 is 47.8 Å². The molecule has 1 amide bonds. The Morgan fingerprint density at radius 1 is 1.08 bits per heavy atom. The van der Waals surface area contributed by atoms with Crippen molar-refractivity contribution < 1.29 is 9.53 Å². The van der Waals surface area contributed by atoms with Gasteiger partial charge in [0.2, 0.25) is 0 Å². The lowest BCUT2D eigenvalue weighted by atomic mass is 10.2. The minimum absolute atomic E-state index is 0. The standard InChI is InChI=1S/C17H33N5O2S.HI/c1-17(2,3)24-16(23)22-9-7-20(8-10-22)6-4-5-19-15(18)21-11-13-25-14-12-21;/h4-14H2,1-3H3,(H2,18,19);1H. The molecule has 2 aliphatic rings. The first-order chi connectivity index (χ1) is 11.8. The van der Waals surface area contributed by atoms with E-state index in [-0.39, 0.29) is 30.1 Å². The number of guanidine groups is 1. The van der Waals surface area contributed by atoms with Crippen LogP contribution in [0.15, 0.2) is 4.99 Å². The van der Waals surface area contributed by atoms with Crippen LogP contribution in [0.2, 0.25) is 0 Å². The van der Waals surface area contributed by atoms with Crippen LogP contribution < -0.4 is 5.73 Å². The number of amides is 1. The van der Waals surface area contributed by atoms with Crippen LogP contribution in [0, 0.1) is 0 Å². The van der Waals surface area contributed by atoms with Crippen LogP contribution in [-0.2, 0) is 4.74 Å². The Kier molecular flexibility index (Phi) is 10.4. The van der Waals surface area contributed by atoms with Crippen LogP contribution in [0.25, 0.3) is 0 Å². The summed E-state index contributed by atoms with van der Waals surface area (Å²) in [6.07, 6.45) is 0.791. The maximum absolute atomic E-state index is 12.1. The van der Waals surface area contributed by atoms with Crippen molar-refractivity contribution in [1.29, 1.82) is 0 Å². The number of hydrogen-bond donors (Lipinski definition) is 1. The number of aliphatic imine (C=N–C) groups is 1. The molecule has 9 heteroatoms. The molecule has 2 N–H and O–H groups in total. The summed E-state index contributed by atoms with van der Waals surface area (Å²) in [7, 11) is 0. The maximum atomic E-state index is 12.1. The van der Waals surface area contributed by atoms with E-state index in [4.69, 9.17) is 10.5 Å². The summed E-state index contributed by atoms with van der Waals surface area (Å²) in [5.41, 5.74) is 5.63. The van der Waals surface area contributed by atoms with Gasteiger partial charge in [0, 0.05) is 63.9 Å². The number of halogens is 1. The van der Waals surface area contributed by atoms with Gasteiger partial charge in [-0.1, -0.05) is 0 Å². The molecule has 152 valence electrons. The zero-order valence-corrected chi connectivity index (χ0v) is 19.4. The zero-order chi connectivity index (χ0) is 18.3. The van der Waals surface area contributed by atoms with Crippen molar-refractivity contribution in [3.63, 3.8) is 0 Å². The van der Waals surface area contributed by atoms with Crippen molar-refractivity contribution in [1.82, 2.24) is 14.7 Å². The van der Waals surface area contributed by atoms with Crippen LogP contribution in [-0.4, -0.2) is 96.2 Å². The molecule has 2 aliphatic heterocycles. The largest absolute Gasteiger partial charge is 0.444 e. The first kappa shape index (κ1) is 23.6. The Morgan fingerprint density at radius 2 is 1.69 bits per heavy atom. The maximum Gasteiger partial charge on any atom is 0.410 e. The van der Waals surface area contributed by atoms with Gasteiger partial charge in [-0.3, -0.25) is 9.89 Å². The van der Waals surface area contributed by atoms with Gasteiger partial charge in [-0.05, 0) is 27.2 Å². The van der Waals surface area contributed by atoms with Crippen molar-refractivity contribution in [2.24, 2.45) is 10.7 Å². The van der Waals surface area contributed by atoms with Crippen molar-refractivity contribution in [3.05, 3.63) is 0 Å². The first-order valence-electron chi connectivity index (χ1n) is 9.18. The van der Waals surface area contributed by atoms with E-state index in [1.54, 1.807) is 4.90 Å². The predicted molar refractivity (Wildman–Crippen MR) is 120 cm³/mol. The average Bonchev–Trinajstić information content (AvgIpc) is 2.58. The summed E-state index contributed by atoms with van der Waals surface area (Å²) in [6, 6.07) is 0. The molecule has 2 saturated heterocycles. The van der Waals surface area contributed by atoms with Gasteiger partial charge in [-0.15, -0.1) is 24.0 Å². The van der Waals surface area contributed by atoms with Crippen LogP contribution in [0.4, 0.5) is 4.79 Å². The van der Waals surface area contributed by atoms with Gasteiger partial charge in [0.1, 0.15) is 5.60 Å². The summed E-state index contributed by atoms with van der Waals surface area (Å²) in [5, 5.41) is 0. The normalized spacial score (nSPS) is 19.9. The molecule has 0 bridgehead atoms. The monoisotopic (exact) mass is 499 g/mol. The van der Waals surface area contributed by atoms with E-state index in [9.17, 15) is 4.79 Å². The second-order valence-electron chi connectivity index (χ2n) is 7.50. The Balaban J connectivity index is 0.00000338. The molecule has 0 aromatic rings. The van der Waals surface area contributed by atoms with E-state index in [1.165, 1.54) is 0 Å². The Morgan fingerprint density at radius 3 is 2.27 bits per heavy atom. The molecule has 0 aromatic carbocycles. The van der Waals surface area contributed by atoms with Gasteiger partial charge in [0.05, 0.1) is 0 Å². The van der Waals surface area contributed by atoms with Gasteiger partial charge in [0.15, 0.2) is 5.96 Å². The average molecular weight is 499 g/mol. The van der Waals surface area contributed by atoms with Crippen LogP contribution in [0.5, 0.6) is 0 Å². The number of hydrogen-bond acceptors (Lipinski definition) is 5. The Labute approximate surface area is 179 Å². The molecule has 0 spiro atoms. The molecule has 0 aromatic heterocycles. The van der Waals surface area contributed by atoms with E-state index in [1.807, 2.05) is 32.5 Å². The second kappa shape index (κ2) is 11.4. The molecule has 2 rings (SSSR count). The quantitative estimate of drug-likeness (QED) is 0.276. The lowest BCUT2D eigenvalue weighted by Gasteiger charge is -2.35. The van der Waals surface area contributed by atoms with Crippen LogP contribution >= 0.6 is 35.7 Å². The molecule has 26 heavy (non-hydrogen) atoms. The fourth-order valence-electron chi connectivity index (χ4n) is 2.86. The van der Waals surface area contributed by atoms with E-state index in [2.05, 4.69) is 14.8 Å². The molecule has 7 nitrogen and oxygen atoms in total. The molecule has 0 saturated carbocycles. The van der Waals surface area contributed by atoms with Crippen molar-refractivity contribution in [3.8, 4) is 0 Å². The highest BCUT2D eigenvalue weighted by Crippen LogP contribution is 2.12. The molecule has 0 aliphatic carbocycles. The van der Waals surface area contributed by atoms with Gasteiger partial charge in [0.25, 0.3) is 0 Å². The topological polar surface area (TPSA) is 74.4 Å². The number of nitrogens with two attached hydrogens (primary N) is 1. The number of piperazine rings is 1. The van der Waals surface area contributed by atoms with Gasteiger partial charge >= 0.3 is 6.09 Å². The molecular formula is C17H34IN5O2S. The number of carbonyl (C=O) groups is 1. The smallest absolute Gasteiger partial charge is 0.410 e. The molecular weight excluding hydrogens is 465 g/mol. The minimum Gasteiger partial charge on any atom is -0.444 e. The molecule has 0 unspecified atom stereocenters. The fourth-order valence-corrected chi connectivity index (χ4v) is 3.76. The molecule has 2 fully saturated rings. The SMILES string of the molecule is CC(C)(C)OC(=O)N1CCN(CCCN=C(N)N2CCSCC2)CC1.I. The zero-order valence-electron chi connectivity index (χ0n) is 16.3.